The lowest BCUT2D eigenvalue weighted by molar-refractivity contribution is -0.116. The number of rotatable bonds is 2. The SMILES string of the molecule is Cn1c(=O)[nH]c(=O)c2c([C@@H]3C(=O)Nc4ccccc43)c(-c3ccc(Cl)cc3)[nH]c21. The number of aromatic nitrogens is 3. The molecule has 8 heteroatoms. The highest BCUT2D eigenvalue weighted by Crippen LogP contribution is 2.43. The number of aromatic amines is 2. The molecule has 0 unspecified atom stereocenters. The average Bonchev–Trinajstić information content (AvgIpc) is 3.24. The van der Waals surface area contributed by atoms with Crippen molar-refractivity contribution in [1.82, 2.24) is 14.5 Å². The van der Waals surface area contributed by atoms with E-state index in [0.717, 1.165) is 11.1 Å². The highest BCUT2D eigenvalue weighted by molar-refractivity contribution is 6.30. The van der Waals surface area contributed by atoms with Gasteiger partial charge in [0, 0.05) is 23.3 Å². The van der Waals surface area contributed by atoms with E-state index in [9.17, 15) is 14.4 Å². The van der Waals surface area contributed by atoms with Crippen LogP contribution in [0.1, 0.15) is 17.0 Å². The molecule has 0 bridgehead atoms. The zero-order valence-electron chi connectivity index (χ0n) is 15.2. The van der Waals surface area contributed by atoms with Gasteiger partial charge in [-0.25, -0.2) is 4.79 Å². The fraction of sp³-hybridized carbons (Fsp3) is 0.0952. The van der Waals surface area contributed by atoms with Crippen LogP contribution in [0.4, 0.5) is 5.69 Å². The normalized spacial score (nSPS) is 15.5. The first kappa shape index (κ1) is 17.5. The summed E-state index contributed by atoms with van der Waals surface area (Å²) in [5.41, 5.74) is 2.66. The summed E-state index contributed by atoms with van der Waals surface area (Å²) in [5, 5.41) is 3.74. The van der Waals surface area contributed by atoms with Gasteiger partial charge < -0.3 is 10.3 Å². The highest BCUT2D eigenvalue weighted by Gasteiger charge is 2.37. The number of para-hydroxylation sites is 1. The standard InChI is InChI=1S/C21H15ClN4O3/c1-26-18-16(20(28)25-21(26)29)15(17(24-18)10-6-8-11(22)9-7-10)14-12-4-2-3-5-13(12)23-19(14)27/h2-9,14,24H,1H3,(H,23,27)(H,25,28,29)/t14-/m1/s1. The second-order valence-corrected chi connectivity index (χ2v) is 7.41. The van der Waals surface area contributed by atoms with Crippen LogP contribution in [0.5, 0.6) is 0 Å². The quantitative estimate of drug-likeness (QED) is 0.477. The van der Waals surface area contributed by atoms with Crippen LogP contribution in [0.25, 0.3) is 22.3 Å². The first-order valence-electron chi connectivity index (χ1n) is 8.96. The Bertz CT molecular complexity index is 1410. The summed E-state index contributed by atoms with van der Waals surface area (Å²) in [6.45, 7) is 0. The molecule has 0 spiro atoms. The number of fused-ring (bicyclic) bond motifs is 2. The van der Waals surface area contributed by atoms with E-state index in [1.165, 1.54) is 4.57 Å². The maximum atomic E-state index is 12.9. The second-order valence-electron chi connectivity index (χ2n) is 6.97. The summed E-state index contributed by atoms with van der Waals surface area (Å²) in [4.78, 5) is 43.4. The molecule has 3 heterocycles. The van der Waals surface area contributed by atoms with Crippen LogP contribution in [0.2, 0.25) is 5.02 Å². The summed E-state index contributed by atoms with van der Waals surface area (Å²) in [5.74, 6) is -0.917. The number of hydrogen-bond donors (Lipinski definition) is 3. The molecule has 144 valence electrons. The van der Waals surface area contributed by atoms with E-state index in [4.69, 9.17) is 11.6 Å². The molecule has 3 N–H and O–H groups in total. The highest BCUT2D eigenvalue weighted by atomic mass is 35.5. The zero-order valence-corrected chi connectivity index (χ0v) is 16.0. The monoisotopic (exact) mass is 406 g/mol. The van der Waals surface area contributed by atoms with Gasteiger partial charge in [0.15, 0.2) is 0 Å². The third-order valence-corrected chi connectivity index (χ3v) is 5.57. The van der Waals surface area contributed by atoms with Crippen molar-refractivity contribution in [1.29, 1.82) is 0 Å². The minimum absolute atomic E-state index is 0.226. The first-order chi connectivity index (χ1) is 14.0. The molecular formula is C21H15ClN4O3. The molecule has 1 aliphatic rings. The molecular weight excluding hydrogens is 392 g/mol. The molecule has 7 nitrogen and oxygen atoms in total. The molecule has 29 heavy (non-hydrogen) atoms. The maximum absolute atomic E-state index is 12.9. The summed E-state index contributed by atoms with van der Waals surface area (Å²) in [7, 11) is 1.56. The lowest BCUT2D eigenvalue weighted by Gasteiger charge is -2.11. The Hall–Kier alpha value is -3.58. The van der Waals surface area contributed by atoms with Gasteiger partial charge in [-0.1, -0.05) is 41.9 Å². The van der Waals surface area contributed by atoms with Gasteiger partial charge in [-0.2, -0.15) is 0 Å². The van der Waals surface area contributed by atoms with E-state index in [1.807, 2.05) is 36.4 Å². The minimum Gasteiger partial charge on any atom is -0.340 e. The molecule has 1 amide bonds. The van der Waals surface area contributed by atoms with E-state index in [2.05, 4.69) is 15.3 Å². The Morgan fingerprint density at radius 3 is 2.45 bits per heavy atom. The largest absolute Gasteiger partial charge is 0.340 e. The molecule has 2 aromatic carbocycles. The van der Waals surface area contributed by atoms with Crippen molar-refractivity contribution < 1.29 is 4.79 Å². The number of halogens is 1. The van der Waals surface area contributed by atoms with Gasteiger partial charge in [0.1, 0.15) is 5.65 Å². The van der Waals surface area contributed by atoms with E-state index in [1.54, 1.807) is 19.2 Å². The average molecular weight is 407 g/mol. The van der Waals surface area contributed by atoms with Gasteiger partial charge in [0.2, 0.25) is 5.91 Å². The molecule has 1 atom stereocenters. The summed E-state index contributed by atoms with van der Waals surface area (Å²) >= 11 is 6.03. The Kier molecular flexibility index (Phi) is 3.75. The number of benzene rings is 2. The lowest BCUT2D eigenvalue weighted by Crippen LogP contribution is -2.28. The van der Waals surface area contributed by atoms with E-state index in [0.29, 0.717) is 27.6 Å². The van der Waals surface area contributed by atoms with Gasteiger partial charge in [-0.15, -0.1) is 0 Å². The maximum Gasteiger partial charge on any atom is 0.329 e. The van der Waals surface area contributed by atoms with Crippen LogP contribution < -0.4 is 16.6 Å². The summed E-state index contributed by atoms with van der Waals surface area (Å²) < 4.78 is 1.33. The van der Waals surface area contributed by atoms with Crippen molar-refractivity contribution >= 4 is 34.2 Å². The number of H-pyrrole nitrogens is 2. The molecule has 5 rings (SSSR count). The van der Waals surface area contributed by atoms with Crippen molar-refractivity contribution in [2.45, 2.75) is 5.92 Å². The van der Waals surface area contributed by atoms with Crippen molar-refractivity contribution in [3.63, 3.8) is 0 Å². The van der Waals surface area contributed by atoms with Gasteiger partial charge in [-0.05, 0) is 29.3 Å². The topological polar surface area (TPSA) is 99.8 Å². The number of nitrogens with zero attached hydrogens (tertiary/aromatic N) is 1. The van der Waals surface area contributed by atoms with Crippen LogP contribution in [-0.2, 0) is 11.8 Å². The molecule has 0 saturated carbocycles. The summed E-state index contributed by atoms with van der Waals surface area (Å²) in [6.07, 6.45) is 0. The van der Waals surface area contributed by atoms with Crippen LogP contribution in [-0.4, -0.2) is 20.4 Å². The Balaban J connectivity index is 1.91. The molecule has 0 radical (unpaired) electrons. The van der Waals surface area contributed by atoms with E-state index in [-0.39, 0.29) is 11.3 Å². The third-order valence-electron chi connectivity index (χ3n) is 5.32. The van der Waals surface area contributed by atoms with Crippen molar-refractivity contribution in [2.24, 2.45) is 7.05 Å². The third kappa shape index (κ3) is 2.55. The van der Waals surface area contributed by atoms with Gasteiger partial charge in [0.25, 0.3) is 5.56 Å². The van der Waals surface area contributed by atoms with Crippen LogP contribution >= 0.6 is 11.6 Å². The molecule has 4 aromatic rings. The Labute approximate surface area is 169 Å². The second kappa shape index (κ2) is 6.22. The van der Waals surface area contributed by atoms with Crippen molar-refractivity contribution in [3.8, 4) is 11.3 Å². The smallest absolute Gasteiger partial charge is 0.329 e. The van der Waals surface area contributed by atoms with Crippen LogP contribution in [0.15, 0.2) is 58.1 Å². The molecule has 0 saturated heterocycles. The fourth-order valence-electron chi connectivity index (χ4n) is 3.96. The molecule has 0 fully saturated rings. The Morgan fingerprint density at radius 1 is 0.966 bits per heavy atom. The molecule has 1 aliphatic heterocycles. The number of amides is 1. The number of anilines is 1. The number of aryl methyl sites for hydroxylation is 1. The molecule has 0 aliphatic carbocycles. The zero-order chi connectivity index (χ0) is 20.3. The van der Waals surface area contributed by atoms with Crippen molar-refractivity contribution in [3.05, 3.63) is 85.5 Å². The lowest BCUT2D eigenvalue weighted by atomic mass is 9.89. The first-order valence-corrected chi connectivity index (χ1v) is 9.34. The van der Waals surface area contributed by atoms with Crippen molar-refractivity contribution in [2.75, 3.05) is 5.32 Å². The predicted octanol–water partition coefficient (Wildman–Crippen LogP) is 2.96. The Morgan fingerprint density at radius 2 is 1.69 bits per heavy atom. The minimum atomic E-state index is -0.691. The number of hydrogen-bond acceptors (Lipinski definition) is 3. The number of carbonyl (C=O) groups excluding carboxylic acids is 1. The number of nitrogens with one attached hydrogen (secondary N) is 3. The van der Waals surface area contributed by atoms with E-state index >= 15 is 0 Å². The number of carbonyl (C=O) groups is 1. The van der Waals surface area contributed by atoms with Crippen LogP contribution in [0, 0.1) is 0 Å². The molecule has 2 aromatic heterocycles. The predicted molar refractivity (Wildman–Crippen MR) is 112 cm³/mol. The fourth-order valence-corrected chi connectivity index (χ4v) is 4.08. The van der Waals surface area contributed by atoms with E-state index < -0.39 is 17.2 Å². The van der Waals surface area contributed by atoms with Gasteiger partial charge >= 0.3 is 5.69 Å². The van der Waals surface area contributed by atoms with Crippen LogP contribution in [0.3, 0.4) is 0 Å². The summed E-state index contributed by atoms with van der Waals surface area (Å²) in [6, 6.07) is 14.5. The van der Waals surface area contributed by atoms with Gasteiger partial charge in [0.05, 0.1) is 17.0 Å². The van der Waals surface area contributed by atoms with Gasteiger partial charge in [-0.3, -0.25) is 19.1 Å².